The number of hydrogen-bond acceptors (Lipinski definition) is 2. The summed E-state index contributed by atoms with van der Waals surface area (Å²) in [5.41, 5.74) is 0. The van der Waals surface area contributed by atoms with Gasteiger partial charge in [0.05, 0.1) is 0 Å². The zero-order valence-corrected chi connectivity index (χ0v) is 7.37. The smallest absolute Gasteiger partial charge is 0.813 e. The van der Waals surface area contributed by atoms with Gasteiger partial charge in [0.2, 0.25) is 0 Å². The molecule has 3 heteroatoms. The van der Waals surface area contributed by atoms with Crippen LogP contribution in [-0.4, -0.2) is 6.29 Å². The Morgan fingerprint density at radius 3 is 1.60 bits per heavy atom. The molecule has 0 radical (unpaired) electrons. The summed E-state index contributed by atoms with van der Waals surface area (Å²) in [5.74, 6) is 0. The predicted octanol–water partition coefficient (Wildman–Crippen LogP) is -3.15. The minimum atomic E-state index is 0. The molecule has 0 rings (SSSR count). The Bertz CT molecular complexity index is 17.1. The van der Waals surface area contributed by atoms with Crippen LogP contribution in [-0.2, 0) is 18.3 Å². The van der Waals surface area contributed by atoms with Crippen molar-refractivity contribution in [2.24, 2.45) is 0 Å². The van der Waals surface area contributed by atoms with Crippen LogP contribution in [0.3, 0.4) is 0 Å². The summed E-state index contributed by atoms with van der Waals surface area (Å²) in [6.07, 6.45) is 1.50. The molecule has 26 valence electrons. The first-order valence-electron chi connectivity index (χ1n) is 0.704. The second kappa shape index (κ2) is 17.4. The first kappa shape index (κ1) is 15.9. The van der Waals surface area contributed by atoms with Gasteiger partial charge in [-0.2, -0.15) is 6.92 Å². The standard InChI is InChI=1S/C2H3O.K.H2S/c1-2-3;;/h1H3;;1H2/q-1;+1;/p-1. The molecule has 0 bridgehead atoms. The molecule has 1 nitrogen and oxygen atoms in total. The molecular weight excluding hydrogens is 111 g/mol. The average Bonchev–Trinajstić information content (AvgIpc) is 0.918. The molecule has 5 heavy (non-hydrogen) atoms. The van der Waals surface area contributed by atoms with Gasteiger partial charge in [0, 0.05) is 0 Å². The third kappa shape index (κ3) is 27.6. The quantitative estimate of drug-likeness (QED) is 0.144. The second-order valence-corrected chi connectivity index (χ2v) is 0.204. The van der Waals surface area contributed by atoms with E-state index in [0.29, 0.717) is 0 Å². The first-order valence-corrected chi connectivity index (χ1v) is 0.704. The number of rotatable bonds is 0. The molecule has 0 aromatic rings. The minimum absolute atomic E-state index is 0. The van der Waals surface area contributed by atoms with Crippen molar-refractivity contribution in [1.82, 2.24) is 0 Å². The summed E-state index contributed by atoms with van der Waals surface area (Å²) in [5, 5.41) is 0. The van der Waals surface area contributed by atoms with Crippen LogP contribution in [0, 0.1) is 0 Å². The molecule has 0 aliphatic heterocycles. The molecule has 0 saturated carbocycles. The van der Waals surface area contributed by atoms with Crippen LogP contribution in [0.5, 0.6) is 0 Å². The molecule has 0 atom stereocenters. The molecule has 0 fully saturated rings. The van der Waals surface area contributed by atoms with E-state index in [-0.39, 0.29) is 64.9 Å². The molecule has 0 saturated heterocycles. The summed E-state index contributed by atoms with van der Waals surface area (Å²) >= 11 is 0. The Kier molecular flexibility index (Phi) is 55.4. The Hall–Kier alpha value is 1.66. The fraction of sp³-hybridized carbons (Fsp3) is 0.500. The monoisotopic (exact) mass is 115 g/mol. The first-order chi connectivity index (χ1) is 1.41. The Balaban J connectivity index is -0.0000000200. The zero-order chi connectivity index (χ0) is 2.71. The van der Waals surface area contributed by atoms with Gasteiger partial charge in [-0.1, -0.05) is 0 Å². The van der Waals surface area contributed by atoms with Crippen molar-refractivity contribution < 1.29 is 56.2 Å². The van der Waals surface area contributed by atoms with Gasteiger partial charge in [0.1, 0.15) is 0 Å². The fourth-order valence-electron chi connectivity index (χ4n) is 0. The molecular formula is C2H4KOS-. The van der Waals surface area contributed by atoms with Crippen molar-refractivity contribution in [2.75, 3.05) is 0 Å². The van der Waals surface area contributed by atoms with Crippen LogP contribution in [0.15, 0.2) is 0 Å². The van der Waals surface area contributed by atoms with Gasteiger partial charge in [-0.15, -0.1) is 0 Å². The number of carbonyl (C=O) groups excluding carboxylic acids is 1. The van der Waals surface area contributed by atoms with E-state index in [9.17, 15) is 0 Å². The van der Waals surface area contributed by atoms with Crippen LogP contribution in [0.4, 0.5) is 0 Å². The average molecular weight is 115 g/mol. The van der Waals surface area contributed by atoms with Gasteiger partial charge in [-0.3, -0.25) is 6.29 Å². The van der Waals surface area contributed by atoms with Crippen molar-refractivity contribution in [3.8, 4) is 0 Å². The third-order valence-electron chi connectivity index (χ3n) is 0. The predicted molar refractivity (Wildman–Crippen MR) is 20.1 cm³/mol. The molecule has 0 unspecified atom stereocenters. The van der Waals surface area contributed by atoms with Gasteiger partial charge in [-0.25, -0.2) is 0 Å². The maximum Gasteiger partial charge on any atom is 1.00 e. The van der Waals surface area contributed by atoms with Gasteiger partial charge in [-0.05, 0) is 0 Å². The van der Waals surface area contributed by atoms with Crippen LogP contribution in [0.2, 0.25) is 0 Å². The molecule has 0 aliphatic rings. The summed E-state index contributed by atoms with van der Waals surface area (Å²) in [4.78, 5) is 8.68. The maximum atomic E-state index is 8.68. The van der Waals surface area contributed by atoms with E-state index in [4.69, 9.17) is 4.79 Å². The van der Waals surface area contributed by atoms with Gasteiger partial charge < -0.3 is 18.3 Å². The van der Waals surface area contributed by atoms with E-state index in [2.05, 4.69) is 0 Å². The van der Waals surface area contributed by atoms with Gasteiger partial charge in [0.25, 0.3) is 0 Å². The minimum Gasteiger partial charge on any atom is -0.813 e. The molecule has 0 aromatic carbocycles. The SMILES string of the molecule is C[C-]=O.[K+].[SH-]. The summed E-state index contributed by atoms with van der Waals surface area (Å²) in [7, 11) is 0. The largest absolute Gasteiger partial charge is 1.00 e. The molecule has 0 spiro atoms. The van der Waals surface area contributed by atoms with Gasteiger partial charge >= 0.3 is 51.4 Å². The number of hydrogen-bond donors (Lipinski definition) is 0. The molecule has 0 amide bonds. The molecule has 0 N–H and O–H groups in total. The van der Waals surface area contributed by atoms with E-state index >= 15 is 0 Å². The Labute approximate surface area is 81.4 Å². The summed E-state index contributed by atoms with van der Waals surface area (Å²) in [6.45, 7) is 1.32. The van der Waals surface area contributed by atoms with E-state index in [1.165, 1.54) is 13.2 Å². The number of thiol groups is 1. The third-order valence-corrected chi connectivity index (χ3v) is 0. The maximum absolute atomic E-state index is 8.68. The van der Waals surface area contributed by atoms with E-state index < -0.39 is 0 Å². The molecule has 0 heterocycles. The van der Waals surface area contributed by atoms with Crippen molar-refractivity contribution in [2.45, 2.75) is 6.92 Å². The Morgan fingerprint density at radius 2 is 1.60 bits per heavy atom. The van der Waals surface area contributed by atoms with E-state index in [0.717, 1.165) is 0 Å². The van der Waals surface area contributed by atoms with E-state index in [1.54, 1.807) is 0 Å². The summed E-state index contributed by atoms with van der Waals surface area (Å²) < 4.78 is 0. The second-order valence-electron chi connectivity index (χ2n) is 0.204. The van der Waals surface area contributed by atoms with E-state index in [1.807, 2.05) is 0 Å². The molecule has 0 aliphatic carbocycles. The van der Waals surface area contributed by atoms with Crippen LogP contribution in [0.25, 0.3) is 0 Å². The van der Waals surface area contributed by atoms with Gasteiger partial charge in [0.15, 0.2) is 0 Å². The van der Waals surface area contributed by atoms with Crippen LogP contribution >= 0.6 is 0 Å². The normalized spacial score (nSPS) is 2.60. The Morgan fingerprint density at radius 1 is 1.60 bits per heavy atom. The van der Waals surface area contributed by atoms with Crippen molar-refractivity contribution in [3.05, 3.63) is 0 Å². The van der Waals surface area contributed by atoms with Crippen molar-refractivity contribution in [3.63, 3.8) is 0 Å². The fourth-order valence-corrected chi connectivity index (χ4v) is 0. The summed E-state index contributed by atoms with van der Waals surface area (Å²) in [6, 6.07) is 0. The van der Waals surface area contributed by atoms with Crippen molar-refractivity contribution in [1.29, 1.82) is 0 Å². The zero-order valence-electron chi connectivity index (χ0n) is 3.36. The van der Waals surface area contributed by atoms with Crippen LogP contribution < -0.4 is 51.4 Å². The van der Waals surface area contributed by atoms with Crippen molar-refractivity contribution >= 4 is 19.8 Å². The molecule has 0 aromatic heterocycles. The van der Waals surface area contributed by atoms with Crippen LogP contribution in [0.1, 0.15) is 6.92 Å². The topological polar surface area (TPSA) is 17.1 Å².